The number of carbonyl (C=O) groups excluding carboxylic acids is 1. The molecule has 0 bridgehead atoms. The molecule has 0 unspecified atom stereocenters. The van der Waals surface area contributed by atoms with Gasteiger partial charge < -0.3 is 9.42 Å². The van der Waals surface area contributed by atoms with E-state index in [9.17, 15) is 4.79 Å². The second kappa shape index (κ2) is 4.00. The normalized spacial score (nSPS) is 14.8. The Labute approximate surface area is 103 Å². The zero-order valence-electron chi connectivity index (χ0n) is 9.47. The molecule has 3 rings (SSSR count). The fourth-order valence-electron chi connectivity index (χ4n) is 2.02. The van der Waals surface area contributed by atoms with Gasteiger partial charge in [0.2, 0.25) is 0 Å². The summed E-state index contributed by atoms with van der Waals surface area (Å²) >= 11 is 1.54. The van der Waals surface area contributed by atoms with Crippen LogP contribution >= 0.6 is 11.3 Å². The number of aryl methyl sites for hydroxylation is 1. The van der Waals surface area contributed by atoms with E-state index < -0.39 is 0 Å². The lowest BCUT2D eigenvalue weighted by atomic mass is 10.1. The second-order valence-corrected chi connectivity index (χ2v) is 5.45. The molecule has 2 aromatic rings. The Balaban J connectivity index is 1.81. The Kier molecular flexibility index (Phi) is 2.48. The van der Waals surface area contributed by atoms with Crippen molar-refractivity contribution in [1.82, 2.24) is 10.1 Å². The molecule has 1 aliphatic heterocycles. The van der Waals surface area contributed by atoms with Gasteiger partial charge in [0.05, 0.1) is 17.6 Å². The van der Waals surface area contributed by atoms with Gasteiger partial charge in [-0.15, -0.1) is 11.3 Å². The third-order valence-corrected chi connectivity index (χ3v) is 3.93. The molecule has 3 heterocycles. The first-order chi connectivity index (χ1) is 8.24. The van der Waals surface area contributed by atoms with Gasteiger partial charge >= 0.3 is 0 Å². The molecule has 0 aliphatic carbocycles. The monoisotopic (exact) mass is 248 g/mol. The van der Waals surface area contributed by atoms with Crippen LogP contribution in [0.5, 0.6) is 0 Å². The third kappa shape index (κ3) is 1.86. The van der Waals surface area contributed by atoms with Crippen LogP contribution in [0.2, 0.25) is 0 Å². The van der Waals surface area contributed by atoms with Gasteiger partial charge in [-0.05, 0) is 19.1 Å². The molecule has 88 valence electrons. The quantitative estimate of drug-likeness (QED) is 0.777. The summed E-state index contributed by atoms with van der Waals surface area (Å²) in [5.41, 5.74) is 1.03. The highest BCUT2D eigenvalue weighted by molar-refractivity contribution is 7.13. The minimum atomic E-state index is 0.106. The molecule has 0 spiro atoms. The van der Waals surface area contributed by atoms with Crippen molar-refractivity contribution in [2.24, 2.45) is 0 Å². The molecule has 0 radical (unpaired) electrons. The SMILES string of the molecule is Cc1ccc(C(=O)N2CCc3oncc3C2)s1. The molecule has 0 fully saturated rings. The minimum absolute atomic E-state index is 0.106. The standard InChI is InChI=1S/C12H12N2O2S/c1-8-2-3-11(17-8)12(15)14-5-4-10-9(7-14)6-13-16-10/h2-3,6H,4-5,7H2,1H3. The first-order valence-electron chi connectivity index (χ1n) is 5.52. The number of amides is 1. The van der Waals surface area contributed by atoms with E-state index in [0.29, 0.717) is 13.1 Å². The fourth-order valence-corrected chi connectivity index (χ4v) is 2.85. The topological polar surface area (TPSA) is 46.3 Å². The summed E-state index contributed by atoms with van der Waals surface area (Å²) in [6.45, 7) is 3.32. The average Bonchev–Trinajstić information content (AvgIpc) is 2.95. The van der Waals surface area contributed by atoms with Crippen LogP contribution < -0.4 is 0 Å². The fraction of sp³-hybridized carbons (Fsp3) is 0.333. The molecule has 0 atom stereocenters. The van der Waals surface area contributed by atoms with Crippen LogP contribution in [0.1, 0.15) is 25.9 Å². The van der Waals surface area contributed by atoms with Crippen LogP contribution in [0.15, 0.2) is 22.9 Å². The van der Waals surface area contributed by atoms with Crippen LogP contribution in [-0.2, 0) is 13.0 Å². The van der Waals surface area contributed by atoms with Crippen molar-refractivity contribution in [3.05, 3.63) is 39.4 Å². The van der Waals surface area contributed by atoms with E-state index in [4.69, 9.17) is 4.52 Å². The third-order valence-electron chi connectivity index (χ3n) is 2.94. The van der Waals surface area contributed by atoms with Crippen molar-refractivity contribution in [2.45, 2.75) is 19.9 Å². The van der Waals surface area contributed by atoms with E-state index in [1.165, 1.54) is 0 Å². The maximum atomic E-state index is 12.2. The summed E-state index contributed by atoms with van der Waals surface area (Å²) in [5, 5.41) is 3.76. The van der Waals surface area contributed by atoms with E-state index in [1.54, 1.807) is 17.5 Å². The Morgan fingerprint density at radius 3 is 3.18 bits per heavy atom. The van der Waals surface area contributed by atoms with Gasteiger partial charge in [-0.25, -0.2) is 0 Å². The molecule has 2 aromatic heterocycles. The summed E-state index contributed by atoms with van der Waals surface area (Å²) < 4.78 is 5.11. The van der Waals surface area contributed by atoms with E-state index in [1.807, 2.05) is 24.0 Å². The van der Waals surface area contributed by atoms with Gasteiger partial charge in [0, 0.05) is 23.4 Å². The van der Waals surface area contributed by atoms with Gasteiger partial charge in [0.15, 0.2) is 0 Å². The first kappa shape index (κ1) is 10.5. The number of fused-ring (bicyclic) bond motifs is 1. The van der Waals surface area contributed by atoms with Crippen molar-refractivity contribution in [3.63, 3.8) is 0 Å². The summed E-state index contributed by atoms with van der Waals surface area (Å²) in [4.78, 5) is 16.1. The number of thiophene rings is 1. The minimum Gasteiger partial charge on any atom is -0.361 e. The Morgan fingerprint density at radius 1 is 1.53 bits per heavy atom. The zero-order chi connectivity index (χ0) is 11.8. The lowest BCUT2D eigenvalue weighted by Gasteiger charge is -2.25. The van der Waals surface area contributed by atoms with Crippen molar-refractivity contribution in [3.8, 4) is 0 Å². The molecular weight excluding hydrogens is 236 g/mol. The Bertz CT molecular complexity index is 558. The van der Waals surface area contributed by atoms with Crippen molar-refractivity contribution in [1.29, 1.82) is 0 Å². The maximum absolute atomic E-state index is 12.2. The van der Waals surface area contributed by atoms with Gasteiger partial charge in [-0.3, -0.25) is 4.79 Å². The molecule has 4 nitrogen and oxygen atoms in total. The number of nitrogens with zero attached hydrogens (tertiary/aromatic N) is 2. The largest absolute Gasteiger partial charge is 0.361 e. The summed E-state index contributed by atoms with van der Waals surface area (Å²) in [6.07, 6.45) is 2.46. The Hall–Kier alpha value is -1.62. The second-order valence-electron chi connectivity index (χ2n) is 4.16. The van der Waals surface area contributed by atoms with E-state index in [2.05, 4.69) is 5.16 Å². The lowest BCUT2D eigenvalue weighted by Crippen LogP contribution is -2.35. The molecular formula is C12H12N2O2S. The summed E-state index contributed by atoms with van der Waals surface area (Å²) in [6, 6.07) is 3.87. The molecule has 0 N–H and O–H groups in total. The molecule has 1 amide bonds. The van der Waals surface area contributed by atoms with Crippen LogP contribution in [0.3, 0.4) is 0 Å². The predicted octanol–water partition coefficient (Wildman–Crippen LogP) is 2.24. The van der Waals surface area contributed by atoms with E-state index in [-0.39, 0.29) is 5.91 Å². The van der Waals surface area contributed by atoms with Crippen molar-refractivity contribution < 1.29 is 9.32 Å². The first-order valence-corrected chi connectivity index (χ1v) is 6.34. The lowest BCUT2D eigenvalue weighted by molar-refractivity contribution is 0.0734. The van der Waals surface area contributed by atoms with Crippen LogP contribution in [0.25, 0.3) is 0 Å². The summed E-state index contributed by atoms with van der Waals surface area (Å²) in [7, 11) is 0. The average molecular weight is 248 g/mol. The molecule has 1 aliphatic rings. The van der Waals surface area contributed by atoms with Gasteiger partial charge in [-0.1, -0.05) is 5.16 Å². The van der Waals surface area contributed by atoms with Crippen molar-refractivity contribution in [2.75, 3.05) is 6.54 Å². The smallest absolute Gasteiger partial charge is 0.264 e. The van der Waals surface area contributed by atoms with Gasteiger partial charge in [-0.2, -0.15) is 0 Å². The zero-order valence-corrected chi connectivity index (χ0v) is 10.3. The highest BCUT2D eigenvalue weighted by atomic mass is 32.1. The van der Waals surface area contributed by atoms with E-state index >= 15 is 0 Å². The number of carbonyl (C=O) groups is 1. The summed E-state index contributed by atoms with van der Waals surface area (Å²) in [5.74, 6) is 1.02. The molecule has 0 aromatic carbocycles. The number of rotatable bonds is 1. The molecule has 0 saturated carbocycles. The van der Waals surface area contributed by atoms with Crippen LogP contribution in [0, 0.1) is 6.92 Å². The van der Waals surface area contributed by atoms with Crippen molar-refractivity contribution >= 4 is 17.2 Å². The van der Waals surface area contributed by atoms with Gasteiger partial charge in [0.1, 0.15) is 5.76 Å². The number of aromatic nitrogens is 1. The number of hydrogen-bond acceptors (Lipinski definition) is 4. The Morgan fingerprint density at radius 2 is 2.41 bits per heavy atom. The van der Waals surface area contributed by atoms with Gasteiger partial charge in [0.25, 0.3) is 5.91 Å². The van der Waals surface area contributed by atoms with E-state index in [0.717, 1.165) is 27.5 Å². The van der Waals surface area contributed by atoms with Crippen LogP contribution in [-0.4, -0.2) is 22.5 Å². The molecule has 17 heavy (non-hydrogen) atoms. The van der Waals surface area contributed by atoms with Crippen LogP contribution in [0.4, 0.5) is 0 Å². The highest BCUT2D eigenvalue weighted by Crippen LogP contribution is 2.22. The molecule has 0 saturated heterocycles. The predicted molar refractivity (Wildman–Crippen MR) is 64.0 cm³/mol. The molecule has 5 heteroatoms. The highest BCUT2D eigenvalue weighted by Gasteiger charge is 2.24. The maximum Gasteiger partial charge on any atom is 0.264 e. The number of hydrogen-bond donors (Lipinski definition) is 0.